The summed E-state index contributed by atoms with van der Waals surface area (Å²) in [6.07, 6.45) is 3.07. The Balaban J connectivity index is 1.76. The quantitative estimate of drug-likeness (QED) is 0.923. The molecule has 1 amide bonds. The molecule has 2 saturated heterocycles. The van der Waals surface area contributed by atoms with Gasteiger partial charge in [-0.25, -0.2) is 0 Å². The molecule has 1 N–H and O–H groups in total. The topological polar surface area (TPSA) is 62.9 Å². The third-order valence-electron chi connectivity index (χ3n) is 4.67. The van der Waals surface area contributed by atoms with E-state index in [9.17, 15) is 9.90 Å². The molecule has 5 nitrogen and oxygen atoms in total. The third kappa shape index (κ3) is 1.96. The number of halogens is 1. The van der Waals surface area contributed by atoms with E-state index < -0.39 is 0 Å². The number of fused-ring (bicyclic) bond motifs is 2. The van der Waals surface area contributed by atoms with Crippen molar-refractivity contribution in [2.75, 3.05) is 13.2 Å². The zero-order valence-corrected chi connectivity index (χ0v) is 12.6. The van der Waals surface area contributed by atoms with Crippen molar-refractivity contribution >= 4 is 28.5 Å². The molecule has 2 aliphatic heterocycles. The van der Waals surface area contributed by atoms with Gasteiger partial charge < -0.3 is 19.2 Å². The van der Waals surface area contributed by atoms with E-state index in [4.69, 9.17) is 20.8 Å². The Bertz CT molecular complexity index is 728. The van der Waals surface area contributed by atoms with Gasteiger partial charge in [-0.05, 0) is 31.0 Å². The van der Waals surface area contributed by atoms with Crippen LogP contribution in [-0.2, 0) is 4.74 Å². The molecule has 0 bridgehead atoms. The van der Waals surface area contributed by atoms with E-state index in [1.807, 2.05) is 0 Å². The van der Waals surface area contributed by atoms with Crippen LogP contribution in [0.4, 0.5) is 0 Å². The molecule has 1 aromatic carbocycles. The van der Waals surface area contributed by atoms with E-state index in [0.717, 1.165) is 6.42 Å². The highest BCUT2D eigenvalue weighted by atomic mass is 35.5. The molecule has 0 aliphatic carbocycles. The normalized spacial score (nSPS) is 27.5. The first-order chi connectivity index (χ1) is 10.7. The monoisotopic (exact) mass is 321 g/mol. The van der Waals surface area contributed by atoms with Gasteiger partial charge in [0.1, 0.15) is 0 Å². The lowest BCUT2D eigenvalue weighted by Crippen LogP contribution is -2.43. The number of hydrogen-bond donors (Lipinski definition) is 1. The Kier molecular flexibility index (Phi) is 3.36. The predicted octanol–water partition coefficient (Wildman–Crippen LogP) is 2.45. The van der Waals surface area contributed by atoms with E-state index in [-0.39, 0.29) is 30.7 Å². The first-order valence-electron chi connectivity index (χ1n) is 7.41. The fourth-order valence-electron chi connectivity index (χ4n) is 3.67. The van der Waals surface area contributed by atoms with Gasteiger partial charge in [0.15, 0.2) is 5.58 Å². The number of furan rings is 1. The summed E-state index contributed by atoms with van der Waals surface area (Å²) in [5, 5.41) is 10.8. The number of likely N-dealkylation sites (tertiary alicyclic amines) is 1. The number of amides is 1. The van der Waals surface area contributed by atoms with Gasteiger partial charge >= 0.3 is 0 Å². The average Bonchev–Trinajstić information content (AvgIpc) is 3.21. The minimum atomic E-state index is -0.194. The highest BCUT2D eigenvalue weighted by Crippen LogP contribution is 2.36. The van der Waals surface area contributed by atoms with Crippen molar-refractivity contribution in [3.8, 4) is 0 Å². The molecule has 3 atom stereocenters. The minimum absolute atomic E-state index is 0.0354. The largest absolute Gasteiger partial charge is 0.463 e. The van der Waals surface area contributed by atoms with Crippen molar-refractivity contribution in [1.82, 2.24) is 4.90 Å². The van der Waals surface area contributed by atoms with E-state index >= 15 is 0 Å². The predicted molar refractivity (Wildman–Crippen MR) is 81.0 cm³/mol. The molecule has 0 radical (unpaired) electrons. The summed E-state index contributed by atoms with van der Waals surface area (Å²) in [6, 6.07) is 5.00. The maximum Gasteiger partial charge on any atom is 0.255 e. The summed E-state index contributed by atoms with van der Waals surface area (Å²) < 4.78 is 11.0. The summed E-state index contributed by atoms with van der Waals surface area (Å²) in [5.74, 6) is -0.0971. The second kappa shape index (κ2) is 5.26. The van der Waals surface area contributed by atoms with Crippen LogP contribution in [0.1, 0.15) is 23.2 Å². The lowest BCUT2D eigenvalue weighted by atomic mass is 10.1. The second-order valence-electron chi connectivity index (χ2n) is 5.81. The number of nitrogens with zero attached hydrogens (tertiary/aromatic N) is 1. The Hall–Kier alpha value is -1.56. The second-order valence-corrected chi connectivity index (χ2v) is 6.22. The molecule has 116 valence electrons. The number of aliphatic hydroxyl groups excluding tert-OH is 1. The molecule has 4 rings (SSSR count). The van der Waals surface area contributed by atoms with Gasteiger partial charge in [-0.3, -0.25) is 4.79 Å². The molecule has 6 heteroatoms. The standard InChI is InChI=1S/C16H16ClNO4/c17-12-2-1-11(10-3-5-22-15(10)12)16(20)18-9(8-19)7-14-13(18)4-6-21-14/h1-3,5,9,13-14,19H,4,6-8H2/t9-,13-,14-/m0/s1. The van der Waals surface area contributed by atoms with Gasteiger partial charge in [-0.1, -0.05) is 11.6 Å². The summed E-state index contributed by atoms with van der Waals surface area (Å²) in [7, 11) is 0. The van der Waals surface area contributed by atoms with Gasteiger partial charge in [-0.2, -0.15) is 0 Å². The van der Waals surface area contributed by atoms with Gasteiger partial charge in [0, 0.05) is 12.0 Å². The molecule has 0 saturated carbocycles. The first kappa shape index (κ1) is 14.1. The zero-order valence-electron chi connectivity index (χ0n) is 11.9. The number of carbonyl (C=O) groups is 1. The van der Waals surface area contributed by atoms with Crippen LogP contribution in [0, 0.1) is 0 Å². The summed E-state index contributed by atoms with van der Waals surface area (Å²) >= 11 is 6.10. The van der Waals surface area contributed by atoms with Crippen LogP contribution >= 0.6 is 11.6 Å². The maximum atomic E-state index is 13.1. The molecule has 2 aliphatic rings. The third-order valence-corrected chi connectivity index (χ3v) is 4.97. The summed E-state index contributed by atoms with van der Waals surface area (Å²) in [6.45, 7) is 0.614. The Morgan fingerprint density at radius 3 is 3.09 bits per heavy atom. The molecule has 0 unspecified atom stereocenters. The van der Waals surface area contributed by atoms with Crippen molar-refractivity contribution < 1.29 is 19.1 Å². The van der Waals surface area contributed by atoms with Crippen molar-refractivity contribution in [2.24, 2.45) is 0 Å². The van der Waals surface area contributed by atoms with Gasteiger partial charge in [-0.15, -0.1) is 0 Å². The lowest BCUT2D eigenvalue weighted by Gasteiger charge is -2.28. The molecule has 2 fully saturated rings. The molecule has 1 aromatic heterocycles. The average molecular weight is 322 g/mol. The van der Waals surface area contributed by atoms with E-state index in [0.29, 0.717) is 34.6 Å². The number of aliphatic hydroxyl groups is 1. The highest BCUT2D eigenvalue weighted by Gasteiger charge is 2.47. The Labute approximate surface area is 132 Å². The van der Waals surface area contributed by atoms with Crippen molar-refractivity contribution in [2.45, 2.75) is 31.0 Å². The Morgan fingerprint density at radius 2 is 2.27 bits per heavy atom. The smallest absolute Gasteiger partial charge is 0.255 e. The SMILES string of the molecule is O=C(c1ccc(Cl)c2occc12)N1[C@H](CO)C[C@@H]2OCC[C@@H]21. The fraction of sp³-hybridized carbons (Fsp3) is 0.438. The zero-order chi connectivity index (χ0) is 15.3. The van der Waals surface area contributed by atoms with E-state index in [1.54, 1.807) is 23.1 Å². The fourth-order valence-corrected chi connectivity index (χ4v) is 3.88. The molecule has 2 aromatic rings. The number of rotatable bonds is 2. The van der Waals surface area contributed by atoms with E-state index in [1.165, 1.54) is 6.26 Å². The van der Waals surface area contributed by atoms with Crippen LogP contribution in [0.15, 0.2) is 28.9 Å². The van der Waals surface area contributed by atoms with Crippen molar-refractivity contribution in [3.63, 3.8) is 0 Å². The Morgan fingerprint density at radius 1 is 1.41 bits per heavy atom. The van der Waals surface area contributed by atoms with Crippen LogP contribution in [0.3, 0.4) is 0 Å². The summed E-state index contributed by atoms with van der Waals surface area (Å²) in [4.78, 5) is 14.8. The molecule has 3 heterocycles. The van der Waals surface area contributed by atoms with Crippen molar-refractivity contribution in [1.29, 1.82) is 0 Å². The minimum Gasteiger partial charge on any atom is -0.463 e. The number of benzene rings is 1. The van der Waals surface area contributed by atoms with Crippen LogP contribution in [-0.4, -0.2) is 47.3 Å². The highest BCUT2D eigenvalue weighted by molar-refractivity contribution is 6.35. The van der Waals surface area contributed by atoms with Gasteiger partial charge in [0.2, 0.25) is 0 Å². The van der Waals surface area contributed by atoms with E-state index in [2.05, 4.69) is 0 Å². The number of hydrogen-bond acceptors (Lipinski definition) is 4. The van der Waals surface area contributed by atoms with Crippen molar-refractivity contribution in [3.05, 3.63) is 35.0 Å². The summed E-state index contributed by atoms with van der Waals surface area (Å²) in [5.41, 5.74) is 1.07. The van der Waals surface area contributed by atoms with Gasteiger partial charge in [0.25, 0.3) is 5.91 Å². The van der Waals surface area contributed by atoms with Crippen LogP contribution in [0.25, 0.3) is 11.0 Å². The van der Waals surface area contributed by atoms with Gasteiger partial charge in [0.05, 0.1) is 41.6 Å². The maximum absolute atomic E-state index is 13.1. The number of ether oxygens (including phenoxy) is 1. The van der Waals surface area contributed by atoms with Crippen LogP contribution < -0.4 is 0 Å². The lowest BCUT2D eigenvalue weighted by molar-refractivity contribution is 0.0593. The molecule has 0 spiro atoms. The first-order valence-corrected chi connectivity index (χ1v) is 7.79. The van der Waals surface area contributed by atoms with Crippen LogP contribution in [0.2, 0.25) is 5.02 Å². The van der Waals surface area contributed by atoms with Crippen LogP contribution in [0.5, 0.6) is 0 Å². The molecule has 22 heavy (non-hydrogen) atoms. The molecular formula is C16H16ClNO4. The molecular weight excluding hydrogens is 306 g/mol. The number of carbonyl (C=O) groups excluding carboxylic acids is 1.